The Hall–Kier alpha value is -2.38. The predicted octanol–water partition coefficient (Wildman–Crippen LogP) is 0.582. The number of aromatic nitrogens is 1. The van der Waals surface area contributed by atoms with Crippen molar-refractivity contribution in [3.63, 3.8) is 0 Å². The second-order valence-electron chi connectivity index (χ2n) is 5.25. The van der Waals surface area contributed by atoms with Crippen molar-refractivity contribution in [1.29, 1.82) is 0 Å². The number of nitrogens with zero attached hydrogens (tertiary/aromatic N) is 1. The molecule has 2 amide bonds. The van der Waals surface area contributed by atoms with Crippen LogP contribution in [0.3, 0.4) is 0 Å². The van der Waals surface area contributed by atoms with Gasteiger partial charge in [0.25, 0.3) is 5.91 Å². The van der Waals surface area contributed by atoms with Crippen LogP contribution in [0.1, 0.15) is 43.4 Å². The Morgan fingerprint density at radius 1 is 1.36 bits per heavy atom. The molecular formula is C14H21N3O5. The van der Waals surface area contributed by atoms with Crippen LogP contribution in [0.2, 0.25) is 0 Å². The van der Waals surface area contributed by atoms with Gasteiger partial charge in [-0.05, 0) is 12.3 Å². The Morgan fingerprint density at radius 3 is 2.59 bits per heavy atom. The summed E-state index contributed by atoms with van der Waals surface area (Å²) in [5.41, 5.74) is 0.132. The second-order valence-corrected chi connectivity index (χ2v) is 5.25. The first-order valence-corrected chi connectivity index (χ1v) is 7.07. The Kier molecular flexibility index (Phi) is 6.55. The van der Waals surface area contributed by atoms with Gasteiger partial charge < -0.3 is 20.2 Å². The van der Waals surface area contributed by atoms with Crippen LogP contribution >= 0.6 is 0 Å². The van der Waals surface area contributed by atoms with E-state index >= 15 is 0 Å². The molecule has 0 aliphatic carbocycles. The lowest BCUT2D eigenvalue weighted by molar-refractivity contribution is -0.142. The molecule has 1 heterocycles. The molecule has 0 aromatic carbocycles. The van der Waals surface area contributed by atoms with Gasteiger partial charge >= 0.3 is 5.97 Å². The summed E-state index contributed by atoms with van der Waals surface area (Å²) in [6.07, 6.45) is 1.99. The third-order valence-electron chi connectivity index (χ3n) is 2.93. The third kappa shape index (κ3) is 5.19. The zero-order chi connectivity index (χ0) is 16.7. The van der Waals surface area contributed by atoms with Gasteiger partial charge in [0.1, 0.15) is 11.8 Å². The summed E-state index contributed by atoms with van der Waals surface area (Å²) in [6.45, 7) is 5.21. The van der Waals surface area contributed by atoms with Gasteiger partial charge in [0.2, 0.25) is 5.91 Å². The number of carboxylic acids is 1. The first-order valence-electron chi connectivity index (χ1n) is 7.07. The molecule has 0 aliphatic rings. The number of carboxylic acid groups (broad SMARTS) is 1. The van der Waals surface area contributed by atoms with Gasteiger partial charge in [-0.15, -0.1) is 0 Å². The molecule has 0 radical (unpaired) electrons. The van der Waals surface area contributed by atoms with Crippen LogP contribution in [-0.2, 0) is 16.0 Å². The number of carbonyl (C=O) groups excluding carboxylic acids is 2. The molecule has 3 N–H and O–H groups in total. The minimum absolute atomic E-state index is 0.123. The van der Waals surface area contributed by atoms with Crippen molar-refractivity contribution in [3.05, 3.63) is 17.8 Å². The van der Waals surface area contributed by atoms with Gasteiger partial charge in [0.05, 0.1) is 6.54 Å². The lowest BCUT2D eigenvalue weighted by Gasteiger charge is -2.16. The van der Waals surface area contributed by atoms with Gasteiger partial charge in [-0.1, -0.05) is 20.8 Å². The van der Waals surface area contributed by atoms with Crippen molar-refractivity contribution in [2.75, 3.05) is 6.54 Å². The Labute approximate surface area is 128 Å². The van der Waals surface area contributed by atoms with Crippen LogP contribution in [0.4, 0.5) is 0 Å². The summed E-state index contributed by atoms with van der Waals surface area (Å²) in [7, 11) is 0. The topological polar surface area (TPSA) is 122 Å². The minimum atomic E-state index is -1.10. The maximum atomic E-state index is 11.9. The lowest BCUT2D eigenvalue weighted by Crippen LogP contribution is -2.46. The number of oxazole rings is 1. The SMILES string of the molecule is CCc1ocnc1C(=O)NCC(=O)N[C@@H](CC(C)C)C(=O)O. The molecule has 0 spiro atoms. The fraction of sp³-hybridized carbons (Fsp3) is 0.571. The fourth-order valence-electron chi connectivity index (χ4n) is 1.89. The number of aliphatic carboxylic acids is 1. The zero-order valence-corrected chi connectivity index (χ0v) is 12.9. The normalized spacial score (nSPS) is 12.0. The van der Waals surface area contributed by atoms with Crippen LogP contribution in [0, 0.1) is 5.92 Å². The largest absolute Gasteiger partial charge is 0.480 e. The third-order valence-corrected chi connectivity index (χ3v) is 2.93. The van der Waals surface area contributed by atoms with Gasteiger partial charge in [-0.25, -0.2) is 9.78 Å². The molecule has 0 saturated heterocycles. The highest BCUT2D eigenvalue weighted by Gasteiger charge is 2.22. The standard InChI is InChI=1S/C14H21N3O5/c1-4-10-12(16-7-22-10)13(19)15-6-11(18)17-9(14(20)21)5-8(2)3/h7-9H,4-6H2,1-3H3,(H,15,19)(H,17,18)(H,20,21)/t9-/m0/s1. The Balaban J connectivity index is 2.51. The van der Waals surface area contributed by atoms with E-state index in [0.29, 0.717) is 18.6 Å². The van der Waals surface area contributed by atoms with Gasteiger partial charge in [-0.3, -0.25) is 9.59 Å². The fourth-order valence-corrected chi connectivity index (χ4v) is 1.89. The molecule has 0 bridgehead atoms. The molecule has 1 atom stereocenters. The number of hydrogen-bond acceptors (Lipinski definition) is 5. The Morgan fingerprint density at radius 2 is 2.05 bits per heavy atom. The van der Waals surface area contributed by atoms with E-state index in [2.05, 4.69) is 15.6 Å². The van der Waals surface area contributed by atoms with Crippen LogP contribution < -0.4 is 10.6 Å². The highest BCUT2D eigenvalue weighted by atomic mass is 16.4. The molecule has 1 aromatic rings. The van der Waals surface area contributed by atoms with E-state index in [1.54, 1.807) is 0 Å². The lowest BCUT2D eigenvalue weighted by atomic mass is 10.0. The molecule has 0 aliphatic heterocycles. The quantitative estimate of drug-likeness (QED) is 0.645. The summed E-state index contributed by atoms with van der Waals surface area (Å²) in [5.74, 6) is -1.64. The first kappa shape index (κ1) is 17.7. The molecule has 122 valence electrons. The summed E-state index contributed by atoms with van der Waals surface area (Å²) in [5, 5.41) is 13.8. The van der Waals surface area contributed by atoms with Crippen LogP contribution in [0.25, 0.3) is 0 Å². The molecule has 1 rings (SSSR count). The number of aryl methyl sites for hydroxylation is 1. The van der Waals surface area contributed by atoms with E-state index in [1.807, 2.05) is 20.8 Å². The predicted molar refractivity (Wildman–Crippen MR) is 77.2 cm³/mol. The monoisotopic (exact) mass is 311 g/mol. The van der Waals surface area contributed by atoms with Crippen LogP contribution in [-0.4, -0.2) is 40.5 Å². The molecule has 22 heavy (non-hydrogen) atoms. The molecule has 1 aromatic heterocycles. The second kappa shape index (κ2) is 8.16. The van der Waals surface area contributed by atoms with Gasteiger partial charge in [0, 0.05) is 6.42 Å². The molecule has 0 unspecified atom stereocenters. The number of carbonyl (C=O) groups is 3. The van der Waals surface area contributed by atoms with Crippen LogP contribution in [0.5, 0.6) is 0 Å². The zero-order valence-electron chi connectivity index (χ0n) is 12.9. The number of rotatable bonds is 8. The maximum absolute atomic E-state index is 11.9. The van der Waals surface area contributed by atoms with Crippen molar-refractivity contribution < 1.29 is 23.9 Å². The smallest absolute Gasteiger partial charge is 0.326 e. The summed E-state index contributed by atoms with van der Waals surface area (Å²) in [6, 6.07) is -0.970. The highest BCUT2D eigenvalue weighted by Crippen LogP contribution is 2.07. The van der Waals surface area contributed by atoms with Crippen LogP contribution in [0.15, 0.2) is 10.8 Å². The highest BCUT2D eigenvalue weighted by molar-refractivity contribution is 5.96. The van der Waals surface area contributed by atoms with Crippen molar-refractivity contribution >= 4 is 17.8 Å². The summed E-state index contributed by atoms with van der Waals surface area (Å²) < 4.78 is 5.03. The van der Waals surface area contributed by atoms with Crippen molar-refractivity contribution in [2.24, 2.45) is 5.92 Å². The average Bonchev–Trinajstić information content (AvgIpc) is 2.91. The number of nitrogens with one attached hydrogen (secondary N) is 2. The van der Waals surface area contributed by atoms with E-state index in [1.165, 1.54) is 0 Å². The minimum Gasteiger partial charge on any atom is -0.480 e. The van der Waals surface area contributed by atoms with Crippen molar-refractivity contribution in [3.8, 4) is 0 Å². The Bertz CT molecular complexity index is 538. The maximum Gasteiger partial charge on any atom is 0.326 e. The average molecular weight is 311 g/mol. The van der Waals surface area contributed by atoms with E-state index in [9.17, 15) is 14.4 Å². The molecule has 0 saturated carbocycles. The van der Waals surface area contributed by atoms with Gasteiger partial charge in [0.15, 0.2) is 12.1 Å². The van der Waals surface area contributed by atoms with E-state index in [0.717, 1.165) is 6.39 Å². The van der Waals surface area contributed by atoms with E-state index in [4.69, 9.17) is 9.52 Å². The molecule has 0 fully saturated rings. The first-order chi connectivity index (χ1) is 10.3. The molecule has 8 nitrogen and oxygen atoms in total. The number of amides is 2. The van der Waals surface area contributed by atoms with E-state index < -0.39 is 23.8 Å². The molecular weight excluding hydrogens is 290 g/mol. The van der Waals surface area contributed by atoms with Crippen molar-refractivity contribution in [2.45, 2.75) is 39.7 Å². The summed E-state index contributed by atoms with van der Waals surface area (Å²) in [4.78, 5) is 38.4. The molecule has 8 heteroatoms. The van der Waals surface area contributed by atoms with Gasteiger partial charge in [-0.2, -0.15) is 0 Å². The van der Waals surface area contributed by atoms with E-state index in [-0.39, 0.29) is 18.2 Å². The summed E-state index contributed by atoms with van der Waals surface area (Å²) >= 11 is 0. The number of hydrogen-bond donors (Lipinski definition) is 3. The van der Waals surface area contributed by atoms with Crippen molar-refractivity contribution in [1.82, 2.24) is 15.6 Å².